The van der Waals surface area contributed by atoms with Crippen molar-refractivity contribution < 1.29 is 34.5 Å². The number of aliphatic carboxylic acids is 1. The van der Waals surface area contributed by atoms with Crippen LogP contribution in [0.5, 0.6) is 0 Å². The Morgan fingerprint density at radius 1 is 0.913 bits per heavy atom. The predicted octanol–water partition coefficient (Wildman–Crippen LogP) is -4.60. The Hall–Kier alpha value is -1.89. The summed E-state index contributed by atoms with van der Waals surface area (Å²) in [7, 11) is 0. The molecule has 0 saturated carbocycles. The van der Waals surface area contributed by atoms with E-state index in [2.05, 4.69) is 23.3 Å². The Balaban J connectivity index is 4.78. The van der Waals surface area contributed by atoms with E-state index in [0.29, 0.717) is 0 Å². The second-order valence-corrected chi connectivity index (χ2v) is 4.70. The first kappa shape index (κ1) is 21.1. The molecule has 0 aromatic rings. The van der Waals surface area contributed by atoms with E-state index >= 15 is 0 Å². The number of nitrogens with two attached hydrogens (primary N) is 1. The third-order valence-electron chi connectivity index (χ3n) is 2.63. The molecule has 0 aromatic heterocycles. The van der Waals surface area contributed by atoms with Gasteiger partial charge in [-0.2, -0.15) is 12.6 Å². The molecule has 0 unspecified atom stereocenters. The lowest BCUT2D eigenvalue weighted by Gasteiger charge is -2.22. The van der Waals surface area contributed by atoms with E-state index in [9.17, 15) is 19.2 Å². The maximum absolute atomic E-state index is 11.9. The zero-order chi connectivity index (χ0) is 18.0. The highest BCUT2D eigenvalue weighted by Gasteiger charge is 2.28. The summed E-state index contributed by atoms with van der Waals surface area (Å²) in [5, 5.41) is 33.0. The summed E-state index contributed by atoms with van der Waals surface area (Å²) in [6.45, 7) is -1.95. The molecule has 0 spiro atoms. The van der Waals surface area contributed by atoms with Crippen molar-refractivity contribution in [2.24, 2.45) is 5.73 Å². The van der Waals surface area contributed by atoms with Gasteiger partial charge in [0.05, 0.1) is 19.8 Å². The third-order valence-corrected chi connectivity index (χ3v) is 3.00. The SMILES string of the molecule is NCC(=O)N[C@@H](CO)C(=O)N[C@@H](CS)C(=O)N[C@@H](CO)C(=O)O. The first-order valence-corrected chi connectivity index (χ1v) is 7.09. The van der Waals surface area contributed by atoms with Crippen LogP contribution >= 0.6 is 12.6 Å². The molecular formula is C11H20N4O7S. The van der Waals surface area contributed by atoms with Gasteiger partial charge >= 0.3 is 5.97 Å². The standard InChI is InChI=1S/C11H20N4O7S/c12-1-8(18)13-5(2-16)9(19)15-7(4-23)10(20)14-6(3-17)11(21)22/h5-7,16-17,23H,1-4,12H2,(H,13,18)(H,14,20)(H,15,19)(H,21,22)/t5-,6-,7-/m0/s1. The van der Waals surface area contributed by atoms with E-state index in [1.807, 2.05) is 5.32 Å². The van der Waals surface area contributed by atoms with Crippen molar-refractivity contribution in [1.82, 2.24) is 16.0 Å². The number of hydrogen-bond acceptors (Lipinski definition) is 8. The molecule has 0 saturated heterocycles. The predicted molar refractivity (Wildman–Crippen MR) is 80.5 cm³/mol. The van der Waals surface area contributed by atoms with E-state index in [-0.39, 0.29) is 5.75 Å². The minimum absolute atomic E-state index is 0.182. The molecule has 0 aliphatic heterocycles. The van der Waals surface area contributed by atoms with E-state index in [0.717, 1.165) is 0 Å². The molecule has 3 amide bonds. The zero-order valence-electron chi connectivity index (χ0n) is 12.1. The second kappa shape index (κ2) is 10.8. The highest BCUT2D eigenvalue weighted by molar-refractivity contribution is 7.80. The first-order valence-electron chi connectivity index (χ1n) is 6.46. The smallest absolute Gasteiger partial charge is 0.328 e. The lowest BCUT2D eigenvalue weighted by atomic mass is 10.2. The quantitative estimate of drug-likeness (QED) is 0.180. The van der Waals surface area contributed by atoms with Crippen molar-refractivity contribution in [2.45, 2.75) is 18.1 Å². The topological polar surface area (TPSA) is 191 Å². The number of hydrogen-bond donors (Lipinski definition) is 8. The average Bonchev–Trinajstić information content (AvgIpc) is 2.53. The van der Waals surface area contributed by atoms with Gasteiger partial charge in [-0.25, -0.2) is 4.79 Å². The van der Waals surface area contributed by atoms with Crippen LogP contribution in [0.2, 0.25) is 0 Å². The summed E-state index contributed by atoms with van der Waals surface area (Å²) in [6.07, 6.45) is 0. The Kier molecular flexibility index (Phi) is 9.89. The van der Waals surface area contributed by atoms with Crippen LogP contribution in [0.15, 0.2) is 0 Å². The summed E-state index contributed by atoms with van der Waals surface area (Å²) in [5.74, 6) is -4.08. The van der Waals surface area contributed by atoms with Gasteiger partial charge in [0.15, 0.2) is 0 Å². The van der Waals surface area contributed by atoms with Crippen LogP contribution in [0.4, 0.5) is 0 Å². The van der Waals surface area contributed by atoms with Gasteiger partial charge in [0.2, 0.25) is 17.7 Å². The van der Waals surface area contributed by atoms with Gasteiger partial charge in [-0.15, -0.1) is 0 Å². The molecule has 0 radical (unpaired) electrons. The number of carboxylic acids is 1. The Bertz CT molecular complexity index is 448. The minimum atomic E-state index is -1.53. The minimum Gasteiger partial charge on any atom is -0.480 e. The van der Waals surface area contributed by atoms with Crippen LogP contribution < -0.4 is 21.7 Å². The number of rotatable bonds is 10. The molecular weight excluding hydrogens is 332 g/mol. The number of amides is 3. The van der Waals surface area contributed by atoms with Gasteiger partial charge < -0.3 is 37.0 Å². The van der Waals surface area contributed by atoms with Crippen molar-refractivity contribution in [3.63, 3.8) is 0 Å². The van der Waals surface area contributed by atoms with Gasteiger partial charge in [0.1, 0.15) is 18.1 Å². The monoisotopic (exact) mass is 352 g/mol. The number of carbonyl (C=O) groups is 4. The Morgan fingerprint density at radius 2 is 1.39 bits per heavy atom. The lowest BCUT2D eigenvalue weighted by molar-refractivity contribution is -0.143. The van der Waals surface area contributed by atoms with Crippen LogP contribution in [-0.4, -0.2) is 82.6 Å². The summed E-state index contributed by atoms with van der Waals surface area (Å²) in [4.78, 5) is 45.6. The van der Waals surface area contributed by atoms with Crippen LogP contribution in [-0.2, 0) is 19.2 Å². The molecule has 0 heterocycles. The fourth-order valence-corrected chi connectivity index (χ4v) is 1.63. The molecule has 0 aliphatic carbocycles. The van der Waals surface area contributed by atoms with Crippen LogP contribution in [0.25, 0.3) is 0 Å². The molecule has 0 rings (SSSR count). The Labute approximate surface area is 137 Å². The van der Waals surface area contributed by atoms with Crippen molar-refractivity contribution >= 4 is 36.3 Å². The molecule has 0 bridgehead atoms. The summed E-state index contributed by atoms with van der Waals surface area (Å²) in [5.41, 5.74) is 5.07. The highest BCUT2D eigenvalue weighted by atomic mass is 32.1. The first-order chi connectivity index (χ1) is 10.8. The molecule has 8 N–H and O–H groups in total. The largest absolute Gasteiger partial charge is 0.480 e. The molecule has 3 atom stereocenters. The van der Waals surface area contributed by atoms with Crippen molar-refractivity contribution in [1.29, 1.82) is 0 Å². The molecule has 11 nitrogen and oxygen atoms in total. The van der Waals surface area contributed by atoms with E-state index in [1.165, 1.54) is 0 Å². The van der Waals surface area contributed by atoms with Crippen molar-refractivity contribution in [3.8, 4) is 0 Å². The van der Waals surface area contributed by atoms with Gasteiger partial charge in [0, 0.05) is 5.75 Å². The number of nitrogens with one attached hydrogen (secondary N) is 3. The molecule has 23 heavy (non-hydrogen) atoms. The van der Waals surface area contributed by atoms with E-state index < -0.39 is 61.6 Å². The maximum Gasteiger partial charge on any atom is 0.328 e. The van der Waals surface area contributed by atoms with Gasteiger partial charge in [-0.05, 0) is 0 Å². The second-order valence-electron chi connectivity index (χ2n) is 4.33. The normalized spacial score (nSPS) is 14.3. The lowest BCUT2D eigenvalue weighted by Crippen LogP contribution is -2.58. The van der Waals surface area contributed by atoms with E-state index in [4.69, 9.17) is 21.1 Å². The molecule has 12 heteroatoms. The summed E-state index contributed by atoms with van der Waals surface area (Å²) >= 11 is 3.86. The molecule has 0 fully saturated rings. The van der Waals surface area contributed by atoms with Crippen molar-refractivity contribution in [3.05, 3.63) is 0 Å². The number of thiol groups is 1. The summed E-state index contributed by atoms with van der Waals surface area (Å²) in [6, 6.07) is -4.09. The van der Waals surface area contributed by atoms with Crippen LogP contribution in [0.1, 0.15) is 0 Å². The maximum atomic E-state index is 11.9. The van der Waals surface area contributed by atoms with Gasteiger partial charge in [0.25, 0.3) is 0 Å². The number of aliphatic hydroxyl groups is 2. The van der Waals surface area contributed by atoms with Gasteiger partial charge in [-0.1, -0.05) is 0 Å². The fraction of sp³-hybridized carbons (Fsp3) is 0.636. The zero-order valence-corrected chi connectivity index (χ0v) is 13.0. The number of carboxylic acid groups (broad SMARTS) is 1. The van der Waals surface area contributed by atoms with E-state index in [1.54, 1.807) is 0 Å². The molecule has 0 aliphatic rings. The molecule has 0 aromatic carbocycles. The van der Waals surface area contributed by atoms with Crippen molar-refractivity contribution in [2.75, 3.05) is 25.5 Å². The fourth-order valence-electron chi connectivity index (χ4n) is 1.37. The molecule has 132 valence electrons. The average molecular weight is 352 g/mol. The number of carbonyl (C=O) groups excluding carboxylic acids is 3. The number of aliphatic hydroxyl groups excluding tert-OH is 2. The third kappa shape index (κ3) is 7.27. The summed E-state index contributed by atoms with van der Waals surface area (Å²) < 4.78 is 0. The Morgan fingerprint density at radius 3 is 1.78 bits per heavy atom. The van der Waals surface area contributed by atoms with Crippen LogP contribution in [0, 0.1) is 0 Å². The highest BCUT2D eigenvalue weighted by Crippen LogP contribution is 1.94. The van der Waals surface area contributed by atoms with Gasteiger partial charge in [-0.3, -0.25) is 14.4 Å². The van der Waals surface area contributed by atoms with Crippen LogP contribution in [0.3, 0.4) is 0 Å².